The van der Waals surface area contributed by atoms with E-state index in [1.807, 2.05) is 17.0 Å². The number of nitrogens with one attached hydrogen (secondary N) is 2. The predicted molar refractivity (Wildman–Crippen MR) is 179 cm³/mol. The van der Waals surface area contributed by atoms with E-state index in [-0.39, 0.29) is 23.7 Å². The van der Waals surface area contributed by atoms with Crippen LogP contribution in [0.3, 0.4) is 0 Å². The van der Waals surface area contributed by atoms with Crippen molar-refractivity contribution < 1.29 is 22.4 Å². The van der Waals surface area contributed by atoms with Crippen LogP contribution in [0.15, 0.2) is 63.9 Å². The monoisotopic (exact) mass is 692 g/mol. The first-order valence-corrected chi connectivity index (χ1v) is 17.4. The van der Waals surface area contributed by atoms with Gasteiger partial charge in [0.2, 0.25) is 0 Å². The van der Waals surface area contributed by atoms with Crippen molar-refractivity contribution >= 4 is 33.1 Å². The first kappa shape index (κ1) is 29.6. The molecule has 2 N–H and O–H groups in total. The van der Waals surface area contributed by atoms with E-state index in [2.05, 4.69) is 20.5 Å². The molecule has 1 spiro atoms. The number of aromatic amines is 1. The standard InChI is InChI=1S/C37H27F3N6O3S/c38-21-5-1-17(2-6-21)3-7-26-28(34-44-45-36(48)49-34)29(30-32(42-26)37-14-18(15-37)16-46(37)35(30)47)27-12-20-9-10-41-33(31(20)50-27)43-25-8-4-19-11-23(39)24(40)13-22(19)25/h1-2,5-6,9-13,18,25H,3-4,7-8,14-16H2,(H,41,43)(H,45,48)/t18?,25-,37?/m0/s1. The number of rotatable bonds is 7. The Hall–Kier alpha value is -5.30. The number of aryl methyl sites for hydroxylation is 3. The van der Waals surface area contributed by atoms with Crippen molar-refractivity contribution in [2.45, 2.75) is 50.1 Å². The van der Waals surface area contributed by atoms with E-state index < -0.39 is 22.9 Å². The van der Waals surface area contributed by atoms with Gasteiger partial charge in [0.05, 0.1) is 38.8 Å². The van der Waals surface area contributed by atoms with Gasteiger partial charge < -0.3 is 14.6 Å². The number of thiophene rings is 1. The molecule has 1 amide bonds. The lowest BCUT2D eigenvalue weighted by molar-refractivity contribution is 0.0637. The number of benzene rings is 2. The van der Waals surface area contributed by atoms with Gasteiger partial charge in [-0.1, -0.05) is 12.1 Å². The smallest absolute Gasteiger partial charge is 0.388 e. The fraction of sp³-hybridized carbons (Fsp3) is 0.270. The Bertz CT molecular complexity index is 2470. The molecule has 2 saturated heterocycles. The van der Waals surface area contributed by atoms with Crippen LogP contribution in [0.5, 0.6) is 0 Å². The van der Waals surface area contributed by atoms with Crippen LogP contribution in [0, 0.1) is 23.4 Å². The molecule has 0 radical (unpaired) electrons. The molecule has 2 aliphatic carbocycles. The summed E-state index contributed by atoms with van der Waals surface area (Å²) < 4.78 is 48.4. The molecule has 6 aromatic rings. The Morgan fingerprint density at radius 1 is 1.00 bits per heavy atom. The summed E-state index contributed by atoms with van der Waals surface area (Å²) in [6.07, 6.45) is 5.60. The number of carbonyl (C=O) groups excluding carboxylic acids is 1. The molecular formula is C37H27F3N6O3S. The highest BCUT2D eigenvalue weighted by Gasteiger charge is 2.65. The van der Waals surface area contributed by atoms with Gasteiger partial charge in [0.15, 0.2) is 11.6 Å². The van der Waals surface area contributed by atoms with Crippen molar-refractivity contribution in [3.8, 4) is 21.9 Å². The lowest BCUT2D eigenvalue weighted by atomic mass is 9.71. The fourth-order valence-corrected chi connectivity index (χ4v) is 9.77. The zero-order chi connectivity index (χ0) is 33.9. The van der Waals surface area contributed by atoms with Gasteiger partial charge in [-0.05, 0) is 103 Å². The lowest BCUT2D eigenvalue weighted by Gasteiger charge is -2.37. The number of hydrogen-bond donors (Lipinski definition) is 2. The number of pyridine rings is 2. The maximum absolute atomic E-state index is 14.3. The minimum Gasteiger partial charge on any atom is -0.388 e. The van der Waals surface area contributed by atoms with Crippen molar-refractivity contribution in [3.63, 3.8) is 0 Å². The molecule has 7 heterocycles. The van der Waals surface area contributed by atoms with E-state index in [9.17, 15) is 22.8 Å². The Balaban J connectivity index is 1.15. The highest BCUT2D eigenvalue weighted by atomic mass is 32.1. The molecule has 4 aromatic heterocycles. The minimum absolute atomic E-state index is 0.0315. The largest absolute Gasteiger partial charge is 0.434 e. The number of halogens is 3. The zero-order valence-electron chi connectivity index (χ0n) is 26.4. The van der Waals surface area contributed by atoms with E-state index in [1.54, 1.807) is 18.3 Å². The van der Waals surface area contributed by atoms with Gasteiger partial charge in [0, 0.05) is 23.2 Å². The molecule has 1 atom stereocenters. The second-order valence-corrected chi connectivity index (χ2v) is 14.7. The molecule has 11 rings (SSSR count). The maximum Gasteiger partial charge on any atom is 0.434 e. The third kappa shape index (κ3) is 4.28. The molecule has 3 fully saturated rings. The average Bonchev–Trinajstić information content (AvgIpc) is 3.94. The molecule has 3 aliphatic heterocycles. The van der Waals surface area contributed by atoms with Crippen molar-refractivity contribution in [1.29, 1.82) is 0 Å². The molecule has 50 heavy (non-hydrogen) atoms. The molecule has 250 valence electrons. The van der Waals surface area contributed by atoms with Crippen LogP contribution in [0.2, 0.25) is 0 Å². The van der Waals surface area contributed by atoms with Crippen molar-refractivity contribution in [1.82, 2.24) is 25.1 Å². The number of nitrogens with zero attached hydrogens (tertiary/aromatic N) is 4. The second kappa shape index (κ2) is 10.6. The van der Waals surface area contributed by atoms with Crippen LogP contribution in [-0.4, -0.2) is 37.5 Å². The minimum atomic E-state index is -0.885. The summed E-state index contributed by atoms with van der Waals surface area (Å²) in [5.41, 5.74) is 4.85. The number of fused-ring (bicyclic) bond motifs is 3. The lowest BCUT2D eigenvalue weighted by Crippen LogP contribution is -2.40. The Morgan fingerprint density at radius 2 is 1.82 bits per heavy atom. The van der Waals surface area contributed by atoms with Crippen LogP contribution in [0.4, 0.5) is 19.0 Å². The maximum atomic E-state index is 14.3. The molecule has 1 saturated carbocycles. The number of H-pyrrole nitrogens is 1. The van der Waals surface area contributed by atoms with Gasteiger partial charge in [-0.15, -0.1) is 16.4 Å². The van der Waals surface area contributed by atoms with E-state index >= 15 is 0 Å². The summed E-state index contributed by atoms with van der Waals surface area (Å²) in [7, 11) is 0. The number of anilines is 1. The topological polar surface area (TPSA) is 117 Å². The van der Waals surface area contributed by atoms with Crippen LogP contribution in [0.25, 0.3) is 32.0 Å². The number of carbonyl (C=O) groups is 1. The summed E-state index contributed by atoms with van der Waals surface area (Å²) in [4.78, 5) is 39.3. The van der Waals surface area contributed by atoms with Gasteiger partial charge in [-0.2, -0.15) is 0 Å². The van der Waals surface area contributed by atoms with Crippen LogP contribution in [0.1, 0.15) is 63.7 Å². The van der Waals surface area contributed by atoms with Gasteiger partial charge in [-0.3, -0.25) is 9.78 Å². The highest BCUT2D eigenvalue weighted by Crippen LogP contribution is 2.63. The molecule has 0 unspecified atom stereocenters. The summed E-state index contributed by atoms with van der Waals surface area (Å²) in [5, 5.41) is 10.9. The van der Waals surface area contributed by atoms with Crippen molar-refractivity contribution in [3.05, 3.63) is 116 Å². The predicted octanol–water partition coefficient (Wildman–Crippen LogP) is 7.08. The van der Waals surface area contributed by atoms with E-state index in [0.717, 1.165) is 44.6 Å². The Kier molecular flexibility index (Phi) is 6.28. The molecule has 9 nitrogen and oxygen atoms in total. The van der Waals surface area contributed by atoms with Gasteiger partial charge >= 0.3 is 5.76 Å². The summed E-state index contributed by atoms with van der Waals surface area (Å²) >= 11 is 1.44. The number of hydrogen-bond acceptors (Lipinski definition) is 8. The summed E-state index contributed by atoms with van der Waals surface area (Å²) in [5.74, 6) is -1.84. The molecule has 5 aliphatic rings. The highest BCUT2D eigenvalue weighted by molar-refractivity contribution is 7.23. The third-order valence-corrected chi connectivity index (χ3v) is 12.0. The van der Waals surface area contributed by atoms with E-state index in [4.69, 9.17) is 9.40 Å². The first-order valence-electron chi connectivity index (χ1n) is 16.6. The molecule has 2 aromatic carbocycles. The Labute approximate surface area is 286 Å². The molecule has 13 heteroatoms. The Morgan fingerprint density at radius 3 is 2.62 bits per heavy atom. The SMILES string of the molecule is O=C1c2c(nc(CCc3ccc(F)cc3)c(-c3n[nH]c(=O)o3)c2-c2cc3ccnc(N[C@H]4CCc5cc(F)c(F)cc54)c3s2)C23CC(CN12)C3. The quantitative estimate of drug-likeness (QED) is 0.184. The van der Waals surface area contributed by atoms with Crippen LogP contribution < -0.4 is 11.1 Å². The van der Waals surface area contributed by atoms with Gasteiger partial charge in [0.1, 0.15) is 11.6 Å². The van der Waals surface area contributed by atoms with Crippen molar-refractivity contribution in [2.24, 2.45) is 5.92 Å². The first-order chi connectivity index (χ1) is 24.3. The second-order valence-electron chi connectivity index (χ2n) is 13.7. The van der Waals surface area contributed by atoms with Gasteiger partial charge in [0.25, 0.3) is 11.8 Å². The molecular weight excluding hydrogens is 666 g/mol. The number of aromatic nitrogens is 4. The van der Waals surface area contributed by atoms with E-state index in [0.29, 0.717) is 71.9 Å². The van der Waals surface area contributed by atoms with Crippen molar-refractivity contribution in [2.75, 3.05) is 11.9 Å². The molecule has 2 bridgehead atoms. The zero-order valence-corrected chi connectivity index (χ0v) is 27.2. The number of amides is 1. The third-order valence-electron chi connectivity index (χ3n) is 10.8. The van der Waals surface area contributed by atoms with Crippen LogP contribution >= 0.6 is 11.3 Å². The summed E-state index contributed by atoms with van der Waals surface area (Å²) in [6, 6.07) is 12.4. The van der Waals surface area contributed by atoms with E-state index in [1.165, 1.54) is 35.6 Å². The average molecular weight is 693 g/mol. The fourth-order valence-electron chi connectivity index (χ4n) is 8.60. The van der Waals surface area contributed by atoms with Crippen LogP contribution in [-0.2, 0) is 24.8 Å². The normalized spacial score (nSPS) is 21.4. The summed E-state index contributed by atoms with van der Waals surface area (Å²) in [6.45, 7) is 0.671. The van der Waals surface area contributed by atoms with Gasteiger partial charge in [-0.25, -0.2) is 28.0 Å².